The molecule has 2 rings (SSSR count). The van der Waals surface area contributed by atoms with Crippen LogP contribution < -0.4 is 11.1 Å². The first-order chi connectivity index (χ1) is 8.75. The van der Waals surface area contributed by atoms with Crippen LogP contribution >= 0.6 is 0 Å². The smallest absolute Gasteiger partial charge is 0.251 e. The van der Waals surface area contributed by atoms with Crippen LogP contribution in [0.2, 0.25) is 0 Å². The number of hydrogen-bond donors (Lipinski definition) is 2. The van der Waals surface area contributed by atoms with Crippen LogP contribution in [0.15, 0.2) is 24.3 Å². The Kier molecular flexibility index (Phi) is 4.59. The molecule has 1 aromatic carbocycles. The van der Waals surface area contributed by atoms with Gasteiger partial charge in [-0.2, -0.15) is 0 Å². The molecule has 18 heavy (non-hydrogen) atoms. The van der Waals surface area contributed by atoms with Crippen molar-refractivity contribution in [2.45, 2.75) is 19.3 Å². The fraction of sp³-hybridized carbons (Fsp3) is 0.500. The molecule has 98 valence electrons. The first kappa shape index (κ1) is 12.9. The average Bonchev–Trinajstić information content (AvgIpc) is 3.17. The van der Waals surface area contributed by atoms with Gasteiger partial charge in [-0.15, -0.1) is 0 Å². The standard InChI is InChI=1S/C14H20N2O2/c15-13-4-1-3-12(9-13)14(17)16-7-2-8-18-10-11-5-6-11/h1,3-4,9,11H,2,5-8,10,15H2,(H,16,17). The van der Waals surface area contributed by atoms with Crippen molar-refractivity contribution < 1.29 is 9.53 Å². The lowest BCUT2D eigenvalue weighted by molar-refractivity contribution is 0.0937. The van der Waals surface area contributed by atoms with Crippen LogP contribution in [0, 0.1) is 5.92 Å². The van der Waals surface area contributed by atoms with E-state index in [2.05, 4.69) is 5.32 Å². The molecule has 0 atom stereocenters. The van der Waals surface area contributed by atoms with Gasteiger partial charge < -0.3 is 15.8 Å². The molecule has 1 amide bonds. The van der Waals surface area contributed by atoms with Gasteiger partial charge in [-0.05, 0) is 43.4 Å². The largest absolute Gasteiger partial charge is 0.399 e. The second kappa shape index (κ2) is 6.40. The van der Waals surface area contributed by atoms with Crippen molar-refractivity contribution in [3.63, 3.8) is 0 Å². The third-order valence-electron chi connectivity index (χ3n) is 2.95. The minimum absolute atomic E-state index is 0.0792. The quantitative estimate of drug-likeness (QED) is 0.571. The highest BCUT2D eigenvalue weighted by molar-refractivity contribution is 5.94. The minimum Gasteiger partial charge on any atom is -0.399 e. The summed E-state index contributed by atoms with van der Waals surface area (Å²) in [4.78, 5) is 11.7. The number of nitrogen functional groups attached to an aromatic ring is 1. The molecule has 1 aliphatic rings. The monoisotopic (exact) mass is 248 g/mol. The molecule has 0 aromatic heterocycles. The maximum absolute atomic E-state index is 11.7. The van der Waals surface area contributed by atoms with E-state index in [-0.39, 0.29) is 5.91 Å². The molecule has 1 aromatic rings. The number of nitrogens with two attached hydrogens (primary N) is 1. The Bertz CT molecular complexity index is 403. The van der Waals surface area contributed by atoms with Crippen LogP contribution in [-0.4, -0.2) is 25.7 Å². The lowest BCUT2D eigenvalue weighted by atomic mass is 10.2. The summed E-state index contributed by atoms with van der Waals surface area (Å²) in [6.45, 7) is 2.23. The van der Waals surface area contributed by atoms with E-state index >= 15 is 0 Å². The van der Waals surface area contributed by atoms with Crippen molar-refractivity contribution in [3.8, 4) is 0 Å². The number of nitrogens with one attached hydrogen (secondary N) is 1. The van der Waals surface area contributed by atoms with Gasteiger partial charge in [0.25, 0.3) is 5.91 Å². The fourth-order valence-corrected chi connectivity index (χ4v) is 1.69. The first-order valence-electron chi connectivity index (χ1n) is 6.47. The van der Waals surface area contributed by atoms with Crippen LogP contribution in [-0.2, 0) is 4.74 Å². The normalized spacial score (nSPS) is 14.4. The third-order valence-corrected chi connectivity index (χ3v) is 2.95. The summed E-state index contributed by atoms with van der Waals surface area (Å²) in [5, 5.41) is 2.86. The molecule has 3 N–H and O–H groups in total. The SMILES string of the molecule is Nc1cccc(C(=O)NCCCOCC2CC2)c1. The summed E-state index contributed by atoms with van der Waals surface area (Å²) in [7, 11) is 0. The molecule has 0 saturated heterocycles. The average molecular weight is 248 g/mol. The molecule has 0 bridgehead atoms. The van der Waals surface area contributed by atoms with Crippen molar-refractivity contribution in [2.75, 3.05) is 25.5 Å². The predicted molar refractivity (Wildman–Crippen MR) is 71.3 cm³/mol. The molecule has 0 aliphatic heterocycles. The second-order valence-electron chi connectivity index (χ2n) is 4.75. The van der Waals surface area contributed by atoms with E-state index in [4.69, 9.17) is 10.5 Å². The van der Waals surface area contributed by atoms with Crippen LogP contribution in [0.4, 0.5) is 5.69 Å². The zero-order chi connectivity index (χ0) is 12.8. The predicted octanol–water partition coefficient (Wildman–Crippen LogP) is 1.82. The Labute approximate surface area is 108 Å². The molecular formula is C14H20N2O2. The van der Waals surface area contributed by atoms with E-state index in [1.54, 1.807) is 24.3 Å². The van der Waals surface area contributed by atoms with E-state index in [0.29, 0.717) is 24.4 Å². The Morgan fingerprint density at radius 3 is 3.00 bits per heavy atom. The summed E-state index contributed by atoms with van der Waals surface area (Å²) >= 11 is 0. The number of carbonyl (C=O) groups excluding carboxylic acids is 1. The van der Waals surface area contributed by atoms with Gasteiger partial charge in [0.1, 0.15) is 0 Å². The highest BCUT2D eigenvalue weighted by Crippen LogP contribution is 2.28. The lowest BCUT2D eigenvalue weighted by Gasteiger charge is -2.06. The third kappa shape index (κ3) is 4.37. The van der Waals surface area contributed by atoms with Gasteiger partial charge in [0.2, 0.25) is 0 Å². The first-order valence-corrected chi connectivity index (χ1v) is 6.47. The topological polar surface area (TPSA) is 64.4 Å². The maximum atomic E-state index is 11.7. The second-order valence-corrected chi connectivity index (χ2v) is 4.75. The molecule has 4 heteroatoms. The number of anilines is 1. The van der Waals surface area contributed by atoms with Gasteiger partial charge in [-0.3, -0.25) is 4.79 Å². The molecule has 0 unspecified atom stereocenters. The number of benzene rings is 1. The summed E-state index contributed by atoms with van der Waals surface area (Å²) in [6, 6.07) is 6.99. The van der Waals surface area contributed by atoms with Crippen LogP contribution in [0.25, 0.3) is 0 Å². The Morgan fingerprint density at radius 2 is 2.28 bits per heavy atom. The highest BCUT2D eigenvalue weighted by atomic mass is 16.5. The molecular weight excluding hydrogens is 228 g/mol. The fourth-order valence-electron chi connectivity index (χ4n) is 1.69. The minimum atomic E-state index is -0.0792. The zero-order valence-electron chi connectivity index (χ0n) is 10.5. The van der Waals surface area contributed by atoms with Crippen LogP contribution in [0.5, 0.6) is 0 Å². The van der Waals surface area contributed by atoms with E-state index in [1.165, 1.54) is 12.8 Å². The van der Waals surface area contributed by atoms with Gasteiger partial charge in [0.15, 0.2) is 0 Å². The maximum Gasteiger partial charge on any atom is 0.251 e. The van der Waals surface area contributed by atoms with Crippen LogP contribution in [0.3, 0.4) is 0 Å². The lowest BCUT2D eigenvalue weighted by Crippen LogP contribution is -2.25. The number of amides is 1. The number of ether oxygens (including phenoxy) is 1. The summed E-state index contributed by atoms with van der Waals surface area (Å²) < 4.78 is 5.49. The van der Waals surface area contributed by atoms with Crippen molar-refractivity contribution in [3.05, 3.63) is 29.8 Å². The van der Waals surface area contributed by atoms with Gasteiger partial charge in [0.05, 0.1) is 0 Å². The number of rotatable bonds is 7. The summed E-state index contributed by atoms with van der Waals surface area (Å²) in [5.41, 5.74) is 6.84. The Balaban J connectivity index is 1.59. The van der Waals surface area contributed by atoms with E-state index < -0.39 is 0 Å². The highest BCUT2D eigenvalue weighted by Gasteiger charge is 2.20. The van der Waals surface area contributed by atoms with Crippen molar-refractivity contribution in [2.24, 2.45) is 5.92 Å². The zero-order valence-corrected chi connectivity index (χ0v) is 10.5. The molecule has 0 heterocycles. The van der Waals surface area contributed by atoms with Crippen molar-refractivity contribution >= 4 is 11.6 Å². The van der Waals surface area contributed by atoms with Crippen molar-refractivity contribution in [1.29, 1.82) is 0 Å². The molecule has 4 nitrogen and oxygen atoms in total. The molecule has 0 radical (unpaired) electrons. The molecule has 1 fully saturated rings. The van der Waals surface area contributed by atoms with E-state index in [0.717, 1.165) is 18.9 Å². The number of carbonyl (C=O) groups is 1. The van der Waals surface area contributed by atoms with Crippen LogP contribution in [0.1, 0.15) is 29.6 Å². The van der Waals surface area contributed by atoms with Crippen molar-refractivity contribution in [1.82, 2.24) is 5.32 Å². The Morgan fingerprint density at radius 1 is 1.44 bits per heavy atom. The van der Waals surface area contributed by atoms with Gasteiger partial charge in [0, 0.05) is 31.0 Å². The number of hydrogen-bond acceptors (Lipinski definition) is 3. The molecule has 1 saturated carbocycles. The summed E-state index contributed by atoms with van der Waals surface area (Å²) in [5.74, 6) is 0.719. The molecule has 0 spiro atoms. The Hall–Kier alpha value is -1.55. The molecule has 1 aliphatic carbocycles. The van der Waals surface area contributed by atoms with Gasteiger partial charge in [-0.25, -0.2) is 0 Å². The van der Waals surface area contributed by atoms with Gasteiger partial charge >= 0.3 is 0 Å². The summed E-state index contributed by atoms with van der Waals surface area (Å²) in [6.07, 6.45) is 3.47. The van der Waals surface area contributed by atoms with Gasteiger partial charge in [-0.1, -0.05) is 6.07 Å². The van der Waals surface area contributed by atoms with E-state index in [9.17, 15) is 4.79 Å². The van der Waals surface area contributed by atoms with E-state index in [1.807, 2.05) is 0 Å².